The summed E-state index contributed by atoms with van der Waals surface area (Å²) < 4.78 is 0. The van der Waals surface area contributed by atoms with Gasteiger partial charge >= 0.3 is 0 Å². The van der Waals surface area contributed by atoms with Crippen LogP contribution in [0.1, 0.15) is 25.7 Å². The van der Waals surface area contributed by atoms with Crippen LogP contribution in [0.4, 0.5) is 11.8 Å². The van der Waals surface area contributed by atoms with Gasteiger partial charge in [0, 0.05) is 25.3 Å². The number of piperidine rings is 1. The molecule has 3 heterocycles. The van der Waals surface area contributed by atoms with E-state index in [1.54, 1.807) is 0 Å². The molecule has 5 heteroatoms. The largest absolute Gasteiger partial charge is 0.367 e. The fourth-order valence-corrected chi connectivity index (χ4v) is 2.86. The van der Waals surface area contributed by atoms with Crippen molar-refractivity contribution in [2.45, 2.75) is 31.7 Å². The molecule has 0 aromatic carbocycles. The van der Waals surface area contributed by atoms with Crippen molar-refractivity contribution >= 4 is 11.8 Å². The summed E-state index contributed by atoms with van der Waals surface area (Å²) in [5.74, 6) is 1.86. The van der Waals surface area contributed by atoms with Crippen LogP contribution in [0.2, 0.25) is 0 Å². The van der Waals surface area contributed by atoms with Crippen molar-refractivity contribution in [2.24, 2.45) is 0 Å². The molecule has 0 bridgehead atoms. The smallest absolute Gasteiger partial charge is 0.227 e. The molecule has 0 amide bonds. The summed E-state index contributed by atoms with van der Waals surface area (Å²) in [5.41, 5.74) is 0. The number of hydrogen-bond donors (Lipinski definition) is 1. The van der Waals surface area contributed by atoms with Crippen LogP contribution in [0, 0.1) is 0 Å². The summed E-state index contributed by atoms with van der Waals surface area (Å²) in [7, 11) is 2.19. The maximum Gasteiger partial charge on any atom is 0.227 e. The maximum atomic E-state index is 4.66. The Kier molecular flexibility index (Phi) is 3.82. The molecule has 0 saturated carbocycles. The van der Waals surface area contributed by atoms with Gasteiger partial charge in [0.05, 0.1) is 0 Å². The molecule has 104 valence electrons. The van der Waals surface area contributed by atoms with Crippen molar-refractivity contribution in [3.63, 3.8) is 0 Å². The van der Waals surface area contributed by atoms with Gasteiger partial charge < -0.3 is 15.1 Å². The summed E-state index contributed by atoms with van der Waals surface area (Å²) in [6.07, 6.45) is 6.78. The molecule has 2 aliphatic rings. The zero-order chi connectivity index (χ0) is 13.1. The third kappa shape index (κ3) is 3.15. The van der Waals surface area contributed by atoms with Gasteiger partial charge in [0.25, 0.3) is 0 Å². The van der Waals surface area contributed by atoms with Crippen LogP contribution < -0.4 is 10.2 Å². The van der Waals surface area contributed by atoms with Crippen molar-refractivity contribution in [2.75, 3.05) is 43.4 Å². The number of hydrogen-bond acceptors (Lipinski definition) is 5. The van der Waals surface area contributed by atoms with Crippen LogP contribution in [0.25, 0.3) is 0 Å². The van der Waals surface area contributed by atoms with Gasteiger partial charge in [0.1, 0.15) is 5.82 Å². The van der Waals surface area contributed by atoms with Crippen molar-refractivity contribution in [1.29, 1.82) is 0 Å². The highest BCUT2D eigenvalue weighted by molar-refractivity contribution is 5.42. The molecular formula is C14H23N5. The zero-order valence-electron chi connectivity index (χ0n) is 11.7. The van der Waals surface area contributed by atoms with Crippen LogP contribution in [0.3, 0.4) is 0 Å². The van der Waals surface area contributed by atoms with Crippen molar-refractivity contribution in [3.05, 3.63) is 12.3 Å². The molecule has 1 aromatic heterocycles. The highest BCUT2D eigenvalue weighted by Crippen LogP contribution is 2.19. The van der Waals surface area contributed by atoms with E-state index in [4.69, 9.17) is 0 Å². The minimum absolute atomic E-state index is 0.553. The minimum Gasteiger partial charge on any atom is -0.367 e. The maximum absolute atomic E-state index is 4.66. The Morgan fingerprint density at radius 1 is 1.16 bits per heavy atom. The van der Waals surface area contributed by atoms with E-state index >= 15 is 0 Å². The molecular weight excluding hydrogens is 238 g/mol. The minimum atomic E-state index is 0.553. The second-order valence-electron chi connectivity index (χ2n) is 5.66. The Morgan fingerprint density at radius 3 is 2.63 bits per heavy atom. The fraction of sp³-hybridized carbons (Fsp3) is 0.714. The van der Waals surface area contributed by atoms with Crippen LogP contribution in [0.15, 0.2) is 12.3 Å². The summed E-state index contributed by atoms with van der Waals surface area (Å²) in [4.78, 5) is 13.7. The summed E-state index contributed by atoms with van der Waals surface area (Å²) >= 11 is 0. The highest BCUT2D eigenvalue weighted by atomic mass is 15.3. The second-order valence-corrected chi connectivity index (χ2v) is 5.66. The molecule has 0 radical (unpaired) electrons. The first-order valence-electron chi connectivity index (χ1n) is 7.34. The SMILES string of the molecule is CN1CCC(Nc2ccnc(N3CCCC3)n2)CC1. The van der Waals surface area contributed by atoms with E-state index in [2.05, 4.69) is 32.1 Å². The fourth-order valence-electron chi connectivity index (χ4n) is 2.86. The molecule has 0 spiro atoms. The van der Waals surface area contributed by atoms with E-state index in [0.29, 0.717) is 6.04 Å². The quantitative estimate of drug-likeness (QED) is 0.895. The summed E-state index contributed by atoms with van der Waals surface area (Å²) in [6.45, 7) is 4.53. The Labute approximate surface area is 115 Å². The zero-order valence-corrected chi connectivity index (χ0v) is 11.7. The molecule has 2 saturated heterocycles. The topological polar surface area (TPSA) is 44.3 Å². The predicted molar refractivity (Wildman–Crippen MR) is 77.6 cm³/mol. The molecule has 1 aromatic rings. The van der Waals surface area contributed by atoms with Crippen molar-refractivity contribution < 1.29 is 0 Å². The lowest BCUT2D eigenvalue weighted by Crippen LogP contribution is -2.37. The number of rotatable bonds is 3. The van der Waals surface area contributed by atoms with Gasteiger partial charge in [-0.1, -0.05) is 0 Å². The van der Waals surface area contributed by atoms with Crippen molar-refractivity contribution in [3.8, 4) is 0 Å². The molecule has 3 rings (SSSR count). The first-order chi connectivity index (χ1) is 9.31. The van der Waals surface area contributed by atoms with Gasteiger partial charge in [-0.05, 0) is 51.9 Å². The summed E-state index contributed by atoms with van der Waals surface area (Å²) in [5, 5.41) is 3.56. The Balaban J connectivity index is 1.62. The predicted octanol–water partition coefficient (Wildman–Crippen LogP) is 1.58. The van der Waals surface area contributed by atoms with Crippen LogP contribution >= 0.6 is 0 Å². The number of nitrogens with zero attached hydrogens (tertiary/aromatic N) is 4. The first-order valence-corrected chi connectivity index (χ1v) is 7.34. The molecule has 0 atom stereocenters. The Hall–Kier alpha value is -1.36. The normalized spacial score (nSPS) is 21.8. The standard InChI is InChI=1S/C14H23N5/c1-18-10-5-12(6-11-18)16-13-4-7-15-14(17-13)19-8-2-3-9-19/h4,7,12H,2-3,5-6,8-11H2,1H3,(H,15,16,17). The Bertz CT molecular complexity index is 408. The highest BCUT2D eigenvalue weighted by Gasteiger charge is 2.18. The Morgan fingerprint density at radius 2 is 1.89 bits per heavy atom. The van der Waals surface area contributed by atoms with E-state index in [1.807, 2.05) is 12.3 Å². The van der Waals surface area contributed by atoms with Gasteiger partial charge in [-0.15, -0.1) is 0 Å². The second kappa shape index (κ2) is 5.74. The summed E-state index contributed by atoms with van der Waals surface area (Å²) in [6, 6.07) is 2.54. The molecule has 19 heavy (non-hydrogen) atoms. The van der Waals surface area contributed by atoms with Crippen LogP contribution in [0.5, 0.6) is 0 Å². The van der Waals surface area contributed by atoms with E-state index in [1.165, 1.54) is 38.8 Å². The average molecular weight is 261 g/mol. The molecule has 2 aliphatic heterocycles. The molecule has 2 fully saturated rings. The van der Waals surface area contributed by atoms with Gasteiger partial charge in [-0.2, -0.15) is 4.98 Å². The molecule has 0 unspecified atom stereocenters. The molecule has 1 N–H and O–H groups in total. The first kappa shape index (κ1) is 12.7. The van der Waals surface area contributed by atoms with Crippen molar-refractivity contribution in [1.82, 2.24) is 14.9 Å². The lowest BCUT2D eigenvalue weighted by atomic mass is 10.1. The molecule has 5 nitrogen and oxygen atoms in total. The van der Waals surface area contributed by atoms with Crippen LogP contribution in [-0.4, -0.2) is 54.1 Å². The van der Waals surface area contributed by atoms with Crippen LogP contribution in [-0.2, 0) is 0 Å². The van der Waals surface area contributed by atoms with E-state index in [0.717, 1.165) is 24.9 Å². The van der Waals surface area contributed by atoms with E-state index < -0.39 is 0 Å². The van der Waals surface area contributed by atoms with Gasteiger partial charge in [-0.25, -0.2) is 4.98 Å². The number of likely N-dealkylation sites (tertiary alicyclic amines) is 1. The monoisotopic (exact) mass is 261 g/mol. The van der Waals surface area contributed by atoms with E-state index in [9.17, 15) is 0 Å². The van der Waals surface area contributed by atoms with E-state index in [-0.39, 0.29) is 0 Å². The lowest BCUT2D eigenvalue weighted by Gasteiger charge is -2.30. The molecule has 0 aliphatic carbocycles. The third-order valence-corrected chi connectivity index (χ3v) is 4.10. The number of nitrogens with one attached hydrogen (secondary N) is 1. The third-order valence-electron chi connectivity index (χ3n) is 4.10. The average Bonchev–Trinajstić information content (AvgIpc) is 2.96. The number of aromatic nitrogens is 2. The lowest BCUT2D eigenvalue weighted by molar-refractivity contribution is 0.263. The van der Waals surface area contributed by atoms with Gasteiger partial charge in [-0.3, -0.25) is 0 Å². The van der Waals surface area contributed by atoms with Gasteiger partial charge in [0.15, 0.2) is 0 Å². The van der Waals surface area contributed by atoms with Gasteiger partial charge in [0.2, 0.25) is 5.95 Å². The number of anilines is 2.